The lowest BCUT2D eigenvalue weighted by Gasteiger charge is -2.13. The summed E-state index contributed by atoms with van der Waals surface area (Å²) in [7, 11) is 1.35. The highest BCUT2D eigenvalue weighted by Crippen LogP contribution is 2.23. The molecule has 0 aliphatic rings. The number of carbonyl (C=O) groups excluding carboxylic acids is 1. The van der Waals surface area contributed by atoms with E-state index in [1.165, 1.54) is 13.2 Å². The normalized spacial score (nSPS) is 11.6. The molecule has 2 heterocycles. The molecule has 0 unspecified atom stereocenters. The number of aromatic nitrogens is 3. The molecule has 0 saturated heterocycles. The standard InChI is InChI=1S/C28H29ClN4O4/c1-4-5-6-15-32-25(30-19(2)37-18-20-7-9-22(10-8-20)27(35)36-3)16-26(34)33-17-24(31-28(32)33)21-11-13-23(29)14-12-21/h7-14,16-17H,4-6,15,18H2,1-3H3. The molecule has 192 valence electrons. The van der Waals surface area contributed by atoms with Crippen molar-refractivity contribution in [1.82, 2.24) is 14.0 Å². The fourth-order valence-electron chi connectivity index (χ4n) is 3.91. The highest BCUT2D eigenvalue weighted by atomic mass is 35.5. The van der Waals surface area contributed by atoms with Crippen molar-refractivity contribution in [2.24, 2.45) is 4.99 Å². The van der Waals surface area contributed by atoms with E-state index in [9.17, 15) is 9.59 Å². The van der Waals surface area contributed by atoms with Gasteiger partial charge in [-0.2, -0.15) is 4.99 Å². The third kappa shape index (κ3) is 6.27. The zero-order valence-electron chi connectivity index (χ0n) is 21.1. The minimum atomic E-state index is -0.389. The molecule has 8 nitrogen and oxygen atoms in total. The van der Waals surface area contributed by atoms with Crippen molar-refractivity contribution in [2.75, 3.05) is 7.11 Å². The molecule has 0 aliphatic heterocycles. The first kappa shape index (κ1) is 26.2. The van der Waals surface area contributed by atoms with Crippen LogP contribution < -0.4 is 5.56 Å². The van der Waals surface area contributed by atoms with Gasteiger partial charge in [-0.3, -0.25) is 13.8 Å². The maximum Gasteiger partial charge on any atom is 0.337 e. The summed E-state index contributed by atoms with van der Waals surface area (Å²) in [5.41, 5.74) is 2.68. The molecule has 4 aromatic rings. The van der Waals surface area contributed by atoms with Crippen molar-refractivity contribution in [3.05, 3.63) is 87.3 Å². The van der Waals surface area contributed by atoms with Gasteiger partial charge in [-0.05, 0) is 36.2 Å². The molecule has 2 aromatic heterocycles. The Labute approximate surface area is 220 Å². The molecule has 0 bridgehead atoms. The van der Waals surface area contributed by atoms with E-state index in [4.69, 9.17) is 26.1 Å². The molecular weight excluding hydrogens is 492 g/mol. The minimum Gasteiger partial charge on any atom is -0.476 e. The molecule has 0 spiro atoms. The topological polar surface area (TPSA) is 87.2 Å². The smallest absolute Gasteiger partial charge is 0.337 e. The van der Waals surface area contributed by atoms with Crippen LogP contribution in [0.25, 0.3) is 17.0 Å². The maximum atomic E-state index is 13.0. The summed E-state index contributed by atoms with van der Waals surface area (Å²) >= 11 is 6.03. The highest BCUT2D eigenvalue weighted by Gasteiger charge is 2.14. The lowest BCUT2D eigenvalue weighted by molar-refractivity contribution is 0.0600. The number of carbonyl (C=O) groups is 1. The molecule has 0 N–H and O–H groups in total. The van der Waals surface area contributed by atoms with Crippen LogP contribution in [-0.4, -0.2) is 32.9 Å². The Morgan fingerprint density at radius 1 is 1.08 bits per heavy atom. The number of nitrogens with zero attached hydrogens (tertiary/aromatic N) is 4. The number of imidazole rings is 1. The molecule has 4 rings (SSSR count). The van der Waals surface area contributed by atoms with Gasteiger partial charge in [0.25, 0.3) is 5.56 Å². The monoisotopic (exact) mass is 520 g/mol. The van der Waals surface area contributed by atoms with Crippen molar-refractivity contribution >= 4 is 35.1 Å². The molecular formula is C28H29ClN4O4. The first-order chi connectivity index (χ1) is 17.9. The van der Waals surface area contributed by atoms with Gasteiger partial charge in [0.2, 0.25) is 5.78 Å². The zero-order chi connectivity index (χ0) is 26.4. The SMILES string of the molecule is CCCCCn1c(N=C(C)OCc2ccc(C(=O)OC)cc2)cc(=O)n2cc(-c3ccc(Cl)cc3)nc12. The number of hydrogen-bond donors (Lipinski definition) is 0. The van der Waals surface area contributed by atoms with Gasteiger partial charge >= 0.3 is 5.97 Å². The average molecular weight is 521 g/mol. The minimum absolute atomic E-state index is 0.223. The van der Waals surface area contributed by atoms with Crippen LogP contribution in [0.15, 0.2) is 70.6 Å². The van der Waals surface area contributed by atoms with Crippen LogP contribution in [0.3, 0.4) is 0 Å². The third-order valence-corrected chi connectivity index (χ3v) is 6.17. The Balaban J connectivity index is 1.63. The van der Waals surface area contributed by atoms with Crippen LogP contribution in [0.5, 0.6) is 0 Å². The largest absolute Gasteiger partial charge is 0.476 e. The molecule has 0 saturated carbocycles. The summed E-state index contributed by atoms with van der Waals surface area (Å²) in [6, 6.07) is 15.8. The molecule has 9 heteroatoms. The maximum absolute atomic E-state index is 13.0. The Bertz CT molecular complexity index is 1470. The van der Waals surface area contributed by atoms with E-state index in [1.807, 2.05) is 16.7 Å². The molecule has 0 atom stereocenters. The van der Waals surface area contributed by atoms with Gasteiger partial charge in [0.1, 0.15) is 12.4 Å². The summed E-state index contributed by atoms with van der Waals surface area (Å²) in [6.45, 7) is 4.82. The summed E-state index contributed by atoms with van der Waals surface area (Å²) in [6.07, 6.45) is 4.78. The van der Waals surface area contributed by atoms with Gasteiger partial charge < -0.3 is 9.47 Å². The van der Waals surface area contributed by atoms with Gasteiger partial charge in [-0.1, -0.05) is 55.6 Å². The second-order valence-electron chi connectivity index (χ2n) is 8.61. The Morgan fingerprint density at radius 2 is 1.81 bits per heavy atom. The number of hydrogen-bond acceptors (Lipinski definition) is 6. The Morgan fingerprint density at radius 3 is 2.49 bits per heavy atom. The van der Waals surface area contributed by atoms with E-state index in [0.717, 1.165) is 30.4 Å². The van der Waals surface area contributed by atoms with Gasteiger partial charge in [0.15, 0.2) is 5.90 Å². The number of aryl methyl sites for hydroxylation is 1. The van der Waals surface area contributed by atoms with E-state index in [-0.39, 0.29) is 18.1 Å². The highest BCUT2D eigenvalue weighted by molar-refractivity contribution is 6.30. The second kappa shape index (κ2) is 11.9. The van der Waals surface area contributed by atoms with Crippen LogP contribution in [0.1, 0.15) is 49.0 Å². The number of halogens is 1. The van der Waals surface area contributed by atoms with Crippen LogP contribution in [0, 0.1) is 0 Å². The zero-order valence-corrected chi connectivity index (χ0v) is 21.9. The lowest BCUT2D eigenvalue weighted by atomic mass is 10.1. The Kier molecular flexibility index (Phi) is 8.40. The van der Waals surface area contributed by atoms with E-state index < -0.39 is 0 Å². The molecule has 0 amide bonds. The number of esters is 1. The quantitative estimate of drug-likeness (QED) is 0.116. The van der Waals surface area contributed by atoms with E-state index >= 15 is 0 Å². The predicted octanol–water partition coefficient (Wildman–Crippen LogP) is 6.06. The molecule has 2 aromatic carbocycles. The Hall–Kier alpha value is -3.91. The van der Waals surface area contributed by atoms with Crippen molar-refractivity contribution in [3.8, 4) is 11.3 Å². The number of benzene rings is 2. The lowest BCUT2D eigenvalue weighted by Crippen LogP contribution is -2.17. The summed E-state index contributed by atoms with van der Waals surface area (Å²) in [4.78, 5) is 34.0. The van der Waals surface area contributed by atoms with E-state index in [0.29, 0.717) is 40.3 Å². The van der Waals surface area contributed by atoms with Crippen LogP contribution in [-0.2, 0) is 22.6 Å². The molecule has 0 fully saturated rings. The van der Waals surface area contributed by atoms with Gasteiger partial charge in [0, 0.05) is 36.3 Å². The fourth-order valence-corrected chi connectivity index (χ4v) is 4.03. The summed E-state index contributed by atoms with van der Waals surface area (Å²) in [5.74, 6) is 1.04. The number of unbranched alkanes of at least 4 members (excludes halogenated alkanes) is 2. The average Bonchev–Trinajstić information content (AvgIpc) is 3.35. The van der Waals surface area contributed by atoms with Gasteiger partial charge in [0.05, 0.1) is 18.4 Å². The number of ether oxygens (including phenoxy) is 2. The summed E-state index contributed by atoms with van der Waals surface area (Å²) in [5, 5.41) is 0.637. The first-order valence-corrected chi connectivity index (χ1v) is 12.5. The van der Waals surface area contributed by atoms with Crippen molar-refractivity contribution < 1.29 is 14.3 Å². The van der Waals surface area contributed by atoms with Crippen molar-refractivity contribution in [2.45, 2.75) is 46.3 Å². The second-order valence-corrected chi connectivity index (χ2v) is 9.05. The number of rotatable bonds is 9. The third-order valence-electron chi connectivity index (χ3n) is 5.92. The van der Waals surface area contributed by atoms with Gasteiger partial charge in [-0.15, -0.1) is 0 Å². The predicted molar refractivity (Wildman–Crippen MR) is 145 cm³/mol. The van der Waals surface area contributed by atoms with E-state index in [1.54, 1.807) is 53.9 Å². The molecule has 37 heavy (non-hydrogen) atoms. The van der Waals surface area contributed by atoms with Crippen LogP contribution >= 0.6 is 11.6 Å². The molecule has 0 radical (unpaired) electrons. The number of methoxy groups -OCH3 is 1. The van der Waals surface area contributed by atoms with Gasteiger partial charge in [-0.25, -0.2) is 9.78 Å². The number of fused-ring (bicyclic) bond motifs is 1. The van der Waals surface area contributed by atoms with Crippen molar-refractivity contribution in [3.63, 3.8) is 0 Å². The van der Waals surface area contributed by atoms with Crippen LogP contribution in [0.2, 0.25) is 5.02 Å². The van der Waals surface area contributed by atoms with E-state index in [2.05, 4.69) is 11.9 Å². The van der Waals surface area contributed by atoms with Crippen LogP contribution in [0.4, 0.5) is 5.82 Å². The first-order valence-electron chi connectivity index (χ1n) is 12.1. The molecule has 0 aliphatic carbocycles. The fraction of sp³-hybridized carbons (Fsp3) is 0.286. The number of aliphatic imine (C=N–C) groups is 1. The summed E-state index contributed by atoms with van der Waals surface area (Å²) < 4.78 is 14.1. The van der Waals surface area contributed by atoms with Crippen molar-refractivity contribution in [1.29, 1.82) is 0 Å².